The predicted octanol–water partition coefficient (Wildman–Crippen LogP) is 2.46. The van der Waals surface area contributed by atoms with Crippen LogP contribution in [0.25, 0.3) is 11.2 Å². The summed E-state index contributed by atoms with van der Waals surface area (Å²) in [5, 5.41) is 0. The molecule has 2 aromatic rings. The summed E-state index contributed by atoms with van der Waals surface area (Å²) in [6, 6.07) is 3.73. The van der Waals surface area contributed by atoms with Crippen molar-refractivity contribution in [3.05, 3.63) is 12.1 Å². The third-order valence-electron chi connectivity index (χ3n) is 4.26. The highest BCUT2D eigenvalue weighted by molar-refractivity contribution is 5.74. The minimum atomic E-state index is 0.551. The number of hydrogen-bond donors (Lipinski definition) is 1. The summed E-state index contributed by atoms with van der Waals surface area (Å²) >= 11 is 0. The van der Waals surface area contributed by atoms with Crippen LogP contribution in [-0.4, -0.2) is 21.6 Å². The Morgan fingerprint density at radius 3 is 2.89 bits per heavy atom. The lowest BCUT2D eigenvalue weighted by Gasteiger charge is -2.16. The van der Waals surface area contributed by atoms with Crippen LogP contribution in [0.5, 0.6) is 5.88 Å². The second-order valence-corrected chi connectivity index (χ2v) is 5.45. The molecular formula is C14H20N4O. The number of nitrogen functional groups attached to an aromatic ring is 1. The molecule has 0 aliphatic heterocycles. The van der Waals surface area contributed by atoms with Crippen LogP contribution in [0.3, 0.4) is 0 Å². The minimum absolute atomic E-state index is 0.551. The summed E-state index contributed by atoms with van der Waals surface area (Å²) in [4.78, 5) is 8.86. The Bertz CT molecular complexity index is 592. The highest BCUT2D eigenvalue weighted by atomic mass is 16.5. The van der Waals surface area contributed by atoms with Crippen LogP contribution in [0.15, 0.2) is 12.1 Å². The molecule has 5 heteroatoms. The maximum Gasteiger partial charge on any atom is 0.215 e. The van der Waals surface area contributed by atoms with Gasteiger partial charge in [0.25, 0.3) is 0 Å². The molecule has 102 valence electrons. The van der Waals surface area contributed by atoms with Crippen LogP contribution in [-0.2, 0) is 6.54 Å². The molecule has 2 atom stereocenters. The Kier molecular flexibility index (Phi) is 3.05. The quantitative estimate of drug-likeness (QED) is 0.920. The summed E-state index contributed by atoms with van der Waals surface area (Å²) in [7, 11) is 1.62. The molecule has 2 heterocycles. The number of nitrogens with two attached hydrogens (primary N) is 1. The second-order valence-electron chi connectivity index (χ2n) is 5.45. The lowest BCUT2D eigenvalue weighted by molar-refractivity contribution is 0.368. The molecule has 0 aromatic carbocycles. The molecule has 2 N–H and O–H groups in total. The first-order valence-electron chi connectivity index (χ1n) is 6.86. The van der Waals surface area contributed by atoms with Gasteiger partial charge in [-0.15, -0.1) is 0 Å². The van der Waals surface area contributed by atoms with Crippen molar-refractivity contribution in [1.82, 2.24) is 14.5 Å². The molecule has 0 spiro atoms. The molecule has 2 aromatic heterocycles. The first-order chi connectivity index (χ1) is 9.19. The van der Waals surface area contributed by atoms with Crippen LogP contribution in [0.4, 0.5) is 5.95 Å². The van der Waals surface area contributed by atoms with Gasteiger partial charge >= 0.3 is 0 Å². The lowest BCUT2D eigenvalue weighted by atomic mass is 9.98. The number of imidazole rings is 1. The van der Waals surface area contributed by atoms with Gasteiger partial charge in [0.05, 0.1) is 7.11 Å². The van der Waals surface area contributed by atoms with Crippen LogP contribution in [0.2, 0.25) is 0 Å². The molecule has 5 nitrogen and oxygen atoms in total. The first kappa shape index (κ1) is 12.3. The molecule has 2 unspecified atom stereocenters. The van der Waals surface area contributed by atoms with Crippen molar-refractivity contribution in [2.24, 2.45) is 11.8 Å². The zero-order valence-corrected chi connectivity index (χ0v) is 11.5. The fourth-order valence-electron chi connectivity index (χ4n) is 3.02. The summed E-state index contributed by atoms with van der Waals surface area (Å²) in [6.07, 6.45) is 3.90. The Morgan fingerprint density at radius 1 is 1.37 bits per heavy atom. The van der Waals surface area contributed by atoms with E-state index in [0.29, 0.717) is 17.7 Å². The first-order valence-corrected chi connectivity index (χ1v) is 6.86. The van der Waals surface area contributed by atoms with Crippen LogP contribution < -0.4 is 10.5 Å². The van der Waals surface area contributed by atoms with Gasteiger partial charge in [0.15, 0.2) is 5.65 Å². The van der Waals surface area contributed by atoms with Crippen LogP contribution in [0.1, 0.15) is 26.2 Å². The van der Waals surface area contributed by atoms with E-state index in [-0.39, 0.29) is 0 Å². The molecule has 1 aliphatic rings. The second kappa shape index (κ2) is 4.72. The van der Waals surface area contributed by atoms with Gasteiger partial charge in [0, 0.05) is 12.6 Å². The van der Waals surface area contributed by atoms with E-state index in [9.17, 15) is 0 Å². The van der Waals surface area contributed by atoms with E-state index in [1.54, 1.807) is 7.11 Å². The smallest absolute Gasteiger partial charge is 0.215 e. The van der Waals surface area contributed by atoms with E-state index in [2.05, 4.69) is 16.9 Å². The van der Waals surface area contributed by atoms with Crippen LogP contribution >= 0.6 is 0 Å². The van der Waals surface area contributed by atoms with E-state index < -0.39 is 0 Å². The van der Waals surface area contributed by atoms with Crippen LogP contribution in [0, 0.1) is 11.8 Å². The van der Waals surface area contributed by atoms with Crippen molar-refractivity contribution in [1.29, 1.82) is 0 Å². The van der Waals surface area contributed by atoms with Gasteiger partial charge < -0.3 is 10.5 Å². The molecule has 1 aliphatic carbocycles. The lowest BCUT2D eigenvalue weighted by Crippen LogP contribution is -2.15. The topological polar surface area (TPSA) is 66.0 Å². The number of nitrogens with zero attached hydrogens (tertiary/aromatic N) is 3. The largest absolute Gasteiger partial charge is 0.481 e. The summed E-state index contributed by atoms with van der Waals surface area (Å²) in [5.41, 5.74) is 7.71. The van der Waals surface area contributed by atoms with Gasteiger partial charge in [-0.25, -0.2) is 4.98 Å². The van der Waals surface area contributed by atoms with E-state index in [1.165, 1.54) is 19.3 Å². The van der Waals surface area contributed by atoms with Gasteiger partial charge in [0.2, 0.25) is 11.8 Å². The number of fused-ring (bicyclic) bond motifs is 1. The number of rotatable bonds is 3. The Morgan fingerprint density at radius 2 is 2.21 bits per heavy atom. The van der Waals surface area contributed by atoms with Crippen molar-refractivity contribution in [3.8, 4) is 5.88 Å². The minimum Gasteiger partial charge on any atom is -0.481 e. The Hall–Kier alpha value is -1.78. The average Bonchev–Trinajstić information content (AvgIpc) is 2.94. The predicted molar refractivity (Wildman–Crippen MR) is 75.0 cm³/mol. The maximum absolute atomic E-state index is 6.04. The highest BCUT2D eigenvalue weighted by Crippen LogP contribution is 2.33. The van der Waals surface area contributed by atoms with Gasteiger partial charge in [-0.2, -0.15) is 4.98 Å². The van der Waals surface area contributed by atoms with E-state index in [4.69, 9.17) is 10.5 Å². The number of ether oxygens (including phenoxy) is 1. The van der Waals surface area contributed by atoms with Crippen molar-refractivity contribution in [3.63, 3.8) is 0 Å². The SMILES string of the molecule is COc1ccc2nc(N)n(CC3CCCC3C)c2n1. The van der Waals surface area contributed by atoms with E-state index in [1.807, 2.05) is 16.7 Å². The fraction of sp³-hybridized carbons (Fsp3) is 0.571. The molecule has 0 amide bonds. The molecule has 0 bridgehead atoms. The zero-order valence-electron chi connectivity index (χ0n) is 11.5. The third-order valence-corrected chi connectivity index (χ3v) is 4.26. The Balaban J connectivity index is 1.99. The van der Waals surface area contributed by atoms with Gasteiger partial charge in [-0.1, -0.05) is 19.8 Å². The third kappa shape index (κ3) is 2.13. The van der Waals surface area contributed by atoms with Crippen molar-refractivity contribution in [2.75, 3.05) is 12.8 Å². The molecule has 1 saturated carbocycles. The van der Waals surface area contributed by atoms with Crippen molar-refractivity contribution >= 4 is 17.1 Å². The van der Waals surface area contributed by atoms with Gasteiger partial charge in [0.1, 0.15) is 5.52 Å². The van der Waals surface area contributed by atoms with Crippen molar-refractivity contribution in [2.45, 2.75) is 32.7 Å². The number of aromatic nitrogens is 3. The summed E-state index contributed by atoms with van der Waals surface area (Å²) < 4.78 is 7.22. The normalized spacial score (nSPS) is 23.1. The maximum atomic E-state index is 6.04. The fourth-order valence-corrected chi connectivity index (χ4v) is 3.02. The average molecular weight is 260 g/mol. The molecule has 19 heavy (non-hydrogen) atoms. The van der Waals surface area contributed by atoms with Gasteiger partial charge in [-0.3, -0.25) is 4.57 Å². The highest BCUT2D eigenvalue weighted by Gasteiger charge is 2.25. The monoisotopic (exact) mass is 260 g/mol. The van der Waals surface area contributed by atoms with E-state index >= 15 is 0 Å². The van der Waals surface area contributed by atoms with Gasteiger partial charge in [-0.05, 0) is 24.3 Å². The molecule has 0 radical (unpaired) electrons. The molecular weight excluding hydrogens is 240 g/mol. The van der Waals surface area contributed by atoms with E-state index in [0.717, 1.165) is 23.6 Å². The molecule has 0 saturated heterocycles. The zero-order chi connectivity index (χ0) is 13.4. The molecule has 1 fully saturated rings. The summed E-state index contributed by atoms with van der Waals surface area (Å²) in [5.74, 6) is 2.58. The molecule has 3 rings (SSSR count). The number of anilines is 1. The standard InChI is InChI=1S/C14H20N4O/c1-9-4-3-5-10(9)8-18-13-11(16-14(18)15)6-7-12(17-13)19-2/h6-7,9-10H,3-5,8H2,1-2H3,(H2,15,16). The summed E-state index contributed by atoms with van der Waals surface area (Å²) in [6.45, 7) is 3.23. The number of methoxy groups -OCH3 is 1. The Labute approximate surface area is 112 Å². The van der Waals surface area contributed by atoms with Crippen molar-refractivity contribution < 1.29 is 4.74 Å². The number of hydrogen-bond acceptors (Lipinski definition) is 4. The number of pyridine rings is 1.